The Hall–Kier alpha value is -2.66. The van der Waals surface area contributed by atoms with E-state index in [-0.39, 0.29) is 17.4 Å². The molecule has 3 aliphatic carbocycles. The van der Waals surface area contributed by atoms with Gasteiger partial charge in [0.05, 0.1) is 0 Å². The predicted molar refractivity (Wildman–Crippen MR) is 166 cm³/mol. The van der Waals surface area contributed by atoms with Gasteiger partial charge in [-0.15, -0.1) is 0 Å². The standard InChI is InChI=1S/C37H49NO4/c39-35(41-30-15-6-5-7-16-30)18-8-3-1-2-4-9-19-36(40)42-31-21-20-29-25-34-32-17-10-11-22-37(32,33(29)26-31)23-24-38(34)27-28-13-12-14-28/h5-7,15-16,20-21,26,28,32,34H,1-4,8-14,17-19,22-25,27H2/t32-,34-,37+/m0/s1. The van der Waals surface area contributed by atoms with Crippen LogP contribution in [0, 0.1) is 11.8 Å². The van der Waals surface area contributed by atoms with Gasteiger partial charge in [0, 0.05) is 30.8 Å². The normalized spacial score (nSPS) is 25.1. The number of esters is 2. The number of ether oxygens (including phenoxy) is 2. The number of fused-ring (bicyclic) bond motifs is 1. The molecule has 0 amide bonds. The van der Waals surface area contributed by atoms with E-state index < -0.39 is 0 Å². The van der Waals surface area contributed by atoms with E-state index >= 15 is 0 Å². The smallest absolute Gasteiger partial charge is 0.311 e. The second kappa shape index (κ2) is 13.8. The molecule has 5 nitrogen and oxygen atoms in total. The Morgan fingerprint density at radius 2 is 1.48 bits per heavy atom. The number of carbonyl (C=O) groups excluding carboxylic acids is 2. The van der Waals surface area contributed by atoms with Crippen molar-refractivity contribution in [3.05, 3.63) is 59.7 Å². The Morgan fingerprint density at radius 3 is 2.19 bits per heavy atom. The first-order chi connectivity index (χ1) is 20.6. The second-order valence-corrected chi connectivity index (χ2v) is 13.5. The fourth-order valence-corrected chi connectivity index (χ4v) is 8.46. The number of hydrogen-bond donors (Lipinski definition) is 0. The van der Waals surface area contributed by atoms with Crippen LogP contribution in [0.4, 0.5) is 0 Å². The third-order valence-electron chi connectivity index (χ3n) is 10.9. The minimum atomic E-state index is -0.168. The fraction of sp³-hybridized carbons (Fsp3) is 0.622. The van der Waals surface area contributed by atoms with Crippen molar-refractivity contribution in [2.75, 3.05) is 13.1 Å². The SMILES string of the molecule is O=C(CCCCCCCCC(=O)Oc1ccc2c(c1)[C@@]13CCCC[C@H]1[C@H](C2)N(CC1CCC1)CC3)Oc1ccccc1. The first-order valence-electron chi connectivity index (χ1n) is 16.9. The summed E-state index contributed by atoms with van der Waals surface area (Å²) in [6.45, 7) is 2.55. The van der Waals surface area contributed by atoms with E-state index in [4.69, 9.17) is 9.47 Å². The van der Waals surface area contributed by atoms with E-state index in [9.17, 15) is 9.59 Å². The maximum Gasteiger partial charge on any atom is 0.311 e. The lowest BCUT2D eigenvalue weighted by Crippen LogP contribution is -2.61. The summed E-state index contributed by atoms with van der Waals surface area (Å²) in [6, 6.07) is 16.5. The van der Waals surface area contributed by atoms with Crippen molar-refractivity contribution in [1.82, 2.24) is 4.90 Å². The number of rotatable bonds is 13. The van der Waals surface area contributed by atoms with Crippen molar-refractivity contribution in [2.24, 2.45) is 11.8 Å². The van der Waals surface area contributed by atoms with E-state index in [1.54, 1.807) is 12.1 Å². The molecular formula is C37H49NO4. The molecule has 226 valence electrons. The Labute approximate surface area is 252 Å². The number of likely N-dealkylation sites (tertiary alicyclic amines) is 1. The quantitative estimate of drug-likeness (QED) is 0.138. The van der Waals surface area contributed by atoms with Crippen LogP contribution in [0.5, 0.6) is 11.5 Å². The van der Waals surface area contributed by atoms with Crippen molar-refractivity contribution >= 4 is 11.9 Å². The minimum absolute atomic E-state index is 0.111. The van der Waals surface area contributed by atoms with Gasteiger partial charge in [0.15, 0.2) is 0 Å². The second-order valence-electron chi connectivity index (χ2n) is 13.5. The van der Waals surface area contributed by atoms with Crippen molar-refractivity contribution < 1.29 is 19.1 Å². The largest absolute Gasteiger partial charge is 0.427 e. The van der Waals surface area contributed by atoms with Crippen LogP contribution in [-0.4, -0.2) is 36.0 Å². The summed E-state index contributed by atoms with van der Waals surface area (Å²) in [6.07, 6.45) is 18.8. The number of piperidine rings is 1. The van der Waals surface area contributed by atoms with E-state index in [1.165, 1.54) is 75.6 Å². The molecule has 0 N–H and O–H groups in total. The number of hydrogen-bond acceptors (Lipinski definition) is 5. The molecule has 2 bridgehead atoms. The summed E-state index contributed by atoms with van der Waals surface area (Å²) in [5.74, 6) is 2.76. The number of para-hydroxylation sites is 1. The highest BCUT2D eigenvalue weighted by molar-refractivity contribution is 5.72. The lowest BCUT2D eigenvalue weighted by atomic mass is 9.52. The maximum absolute atomic E-state index is 12.7. The van der Waals surface area contributed by atoms with Gasteiger partial charge >= 0.3 is 11.9 Å². The summed E-state index contributed by atoms with van der Waals surface area (Å²) in [5, 5.41) is 0. The Morgan fingerprint density at radius 1 is 0.762 bits per heavy atom. The highest BCUT2D eigenvalue weighted by atomic mass is 16.5. The van der Waals surface area contributed by atoms with Crippen LogP contribution in [0.3, 0.4) is 0 Å². The molecule has 5 heteroatoms. The van der Waals surface area contributed by atoms with Crippen molar-refractivity contribution in [3.63, 3.8) is 0 Å². The number of benzene rings is 2. The molecule has 0 unspecified atom stereocenters. The van der Waals surface area contributed by atoms with Crippen molar-refractivity contribution in [2.45, 2.75) is 121 Å². The molecule has 6 rings (SSSR count). The van der Waals surface area contributed by atoms with Crippen LogP contribution in [0.2, 0.25) is 0 Å². The molecule has 0 aromatic heterocycles. The van der Waals surface area contributed by atoms with Crippen molar-refractivity contribution in [3.8, 4) is 11.5 Å². The summed E-state index contributed by atoms with van der Waals surface area (Å²) in [7, 11) is 0. The van der Waals surface area contributed by atoms with E-state index in [2.05, 4.69) is 17.0 Å². The van der Waals surface area contributed by atoms with Gasteiger partial charge in [0.2, 0.25) is 0 Å². The lowest BCUT2D eigenvalue weighted by molar-refractivity contribution is -0.135. The van der Waals surface area contributed by atoms with Gasteiger partial charge in [0.25, 0.3) is 0 Å². The molecule has 2 saturated carbocycles. The molecule has 2 aromatic carbocycles. The maximum atomic E-state index is 12.7. The molecule has 1 aliphatic heterocycles. The number of unbranched alkanes of at least 4 members (excludes halogenated alkanes) is 5. The van der Waals surface area contributed by atoms with Gasteiger partial charge in [-0.3, -0.25) is 14.5 Å². The van der Waals surface area contributed by atoms with Crippen LogP contribution in [-0.2, 0) is 21.4 Å². The topological polar surface area (TPSA) is 55.8 Å². The monoisotopic (exact) mass is 571 g/mol. The van der Waals surface area contributed by atoms with E-state index in [1.807, 2.05) is 24.3 Å². The molecule has 42 heavy (non-hydrogen) atoms. The summed E-state index contributed by atoms with van der Waals surface area (Å²) >= 11 is 0. The van der Waals surface area contributed by atoms with Crippen LogP contribution >= 0.6 is 0 Å². The van der Waals surface area contributed by atoms with Crippen LogP contribution < -0.4 is 9.47 Å². The zero-order valence-corrected chi connectivity index (χ0v) is 25.4. The highest BCUT2D eigenvalue weighted by Crippen LogP contribution is 2.56. The lowest BCUT2D eigenvalue weighted by Gasteiger charge is -2.59. The summed E-state index contributed by atoms with van der Waals surface area (Å²) in [5.41, 5.74) is 3.29. The first-order valence-corrected chi connectivity index (χ1v) is 16.9. The number of nitrogens with zero attached hydrogens (tertiary/aromatic N) is 1. The molecule has 1 saturated heterocycles. The summed E-state index contributed by atoms with van der Waals surface area (Å²) < 4.78 is 11.3. The summed E-state index contributed by atoms with van der Waals surface area (Å²) in [4.78, 5) is 27.6. The number of carbonyl (C=O) groups is 2. The van der Waals surface area contributed by atoms with Gasteiger partial charge in [-0.2, -0.15) is 0 Å². The average Bonchev–Trinajstić information content (AvgIpc) is 2.98. The van der Waals surface area contributed by atoms with Gasteiger partial charge < -0.3 is 9.47 Å². The predicted octanol–water partition coefficient (Wildman–Crippen LogP) is 8.18. The van der Waals surface area contributed by atoms with Gasteiger partial charge in [-0.05, 0) is 105 Å². The Bertz CT molecular complexity index is 1210. The third-order valence-corrected chi connectivity index (χ3v) is 10.9. The fourth-order valence-electron chi connectivity index (χ4n) is 8.46. The molecule has 1 heterocycles. The Balaban J connectivity index is 0.932. The molecule has 4 aliphatic rings. The molecule has 0 radical (unpaired) electrons. The molecular weight excluding hydrogens is 522 g/mol. The van der Waals surface area contributed by atoms with E-state index in [0.717, 1.165) is 62.5 Å². The van der Waals surface area contributed by atoms with Gasteiger partial charge in [0.1, 0.15) is 11.5 Å². The molecule has 2 aromatic rings. The molecule has 0 spiro atoms. The van der Waals surface area contributed by atoms with Gasteiger partial charge in [-0.25, -0.2) is 0 Å². The average molecular weight is 572 g/mol. The first kappa shape index (κ1) is 29.4. The van der Waals surface area contributed by atoms with Crippen LogP contribution in [0.15, 0.2) is 48.5 Å². The minimum Gasteiger partial charge on any atom is -0.427 e. The zero-order valence-electron chi connectivity index (χ0n) is 25.4. The molecule has 3 fully saturated rings. The highest BCUT2D eigenvalue weighted by Gasteiger charge is 2.54. The van der Waals surface area contributed by atoms with Crippen LogP contribution in [0.25, 0.3) is 0 Å². The molecule has 3 atom stereocenters. The third kappa shape index (κ3) is 6.77. The van der Waals surface area contributed by atoms with Gasteiger partial charge in [-0.1, -0.05) is 69.2 Å². The zero-order chi connectivity index (χ0) is 28.8. The van der Waals surface area contributed by atoms with Crippen LogP contribution in [0.1, 0.15) is 114 Å². The van der Waals surface area contributed by atoms with E-state index in [0.29, 0.717) is 24.6 Å². The Kier molecular flexibility index (Phi) is 9.63. The van der Waals surface area contributed by atoms with Crippen molar-refractivity contribution in [1.29, 1.82) is 0 Å².